The van der Waals surface area contributed by atoms with Gasteiger partial charge in [0.25, 0.3) is 0 Å². The molecule has 0 saturated carbocycles. The number of rotatable bonds is 0. The molecule has 0 aliphatic heterocycles. The molecule has 1 aromatic carbocycles. The molecule has 0 amide bonds. The van der Waals surface area contributed by atoms with E-state index in [0.717, 1.165) is 5.69 Å². The van der Waals surface area contributed by atoms with Crippen LogP contribution >= 0.6 is 0 Å². The lowest BCUT2D eigenvalue weighted by Gasteiger charge is -2.24. The molecule has 3 rings (SSSR count). The maximum Gasteiger partial charge on any atom is 0.0406 e. The Hall–Kier alpha value is -1.54. The molecule has 2 heteroatoms. The largest absolute Gasteiger partial charge is 0.398 e. The van der Waals surface area contributed by atoms with Crippen LogP contribution in [0.25, 0.3) is 21.9 Å². The van der Waals surface area contributed by atoms with E-state index in [1.807, 2.05) is 12.1 Å². The van der Waals surface area contributed by atoms with Crippen molar-refractivity contribution < 1.29 is 0 Å². The molecule has 0 unspecified atom stereocenters. The zero-order valence-corrected chi connectivity index (χ0v) is 6.67. The normalized spacial score (nSPS) is 11.0. The fourth-order valence-electron chi connectivity index (χ4n) is 1.76. The molecule has 2 nitrogen and oxygen atoms in total. The van der Waals surface area contributed by atoms with Crippen molar-refractivity contribution in [3.8, 4) is 11.1 Å². The van der Waals surface area contributed by atoms with E-state index in [4.69, 9.17) is 5.73 Å². The van der Waals surface area contributed by atoms with Crippen LogP contribution in [0, 0.1) is 0 Å². The highest BCUT2D eigenvalue weighted by atomic mass is 14.6. The number of nitrogen functional groups attached to an aromatic ring is 1. The van der Waals surface area contributed by atoms with Gasteiger partial charge in [-0.25, -0.2) is 0 Å². The molecule has 0 atom stereocenters. The van der Waals surface area contributed by atoms with E-state index in [9.17, 15) is 0 Å². The van der Waals surface area contributed by atoms with Crippen LogP contribution in [-0.4, -0.2) is 0 Å². The smallest absolute Gasteiger partial charge is 0.0406 e. The first-order valence-corrected chi connectivity index (χ1v) is 3.69. The van der Waals surface area contributed by atoms with Crippen molar-refractivity contribution in [1.82, 2.24) is 6.15 Å². The summed E-state index contributed by atoms with van der Waals surface area (Å²) in [6, 6.07) is 10.4. The minimum Gasteiger partial charge on any atom is -0.398 e. The van der Waals surface area contributed by atoms with E-state index in [1.165, 1.54) is 21.9 Å². The minimum atomic E-state index is 0. The average molecular weight is 158 g/mol. The third-order valence-corrected chi connectivity index (χ3v) is 2.34. The summed E-state index contributed by atoms with van der Waals surface area (Å²) in [5.41, 5.74) is 9.25. The first-order chi connectivity index (χ1) is 5.38. The molecule has 12 heavy (non-hydrogen) atoms. The topological polar surface area (TPSA) is 61.0 Å². The lowest BCUT2D eigenvalue weighted by atomic mass is 9.81. The Bertz CT molecular complexity index is 461. The van der Waals surface area contributed by atoms with Crippen LogP contribution in [0.5, 0.6) is 0 Å². The summed E-state index contributed by atoms with van der Waals surface area (Å²) in [6.45, 7) is 0. The summed E-state index contributed by atoms with van der Waals surface area (Å²) in [7, 11) is 0. The van der Waals surface area contributed by atoms with Gasteiger partial charge in [0, 0.05) is 11.3 Å². The summed E-state index contributed by atoms with van der Waals surface area (Å²) in [5, 5.41) is 2.68. The fourth-order valence-corrected chi connectivity index (χ4v) is 1.76. The van der Waals surface area contributed by atoms with Crippen LogP contribution in [0.15, 0.2) is 30.3 Å². The second-order valence-electron chi connectivity index (χ2n) is 2.93. The maximum absolute atomic E-state index is 5.68. The Morgan fingerprint density at radius 2 is 1.67 bits per heavy atom. The van der Waals surface area contributed by atoms with E-state index in [2.05, 4.69) is 18.2 Å². The van der Waals surface area contributed by atoms with Gasteiger partial charge in [-0.05, 0) is 22.4 Å². The zero-order valence-electron chi connectivity index (χ0n) is 6.67. The van der Waals surface area contributed by atoms with Crippen molar-refractivity contribution in [3.63, 3.8) is 0 Å². The lowest BCUT2D eigenvalue weighted by Crippen LogP contribution is -2.02. The molecule has 0 spiro atoms. The highest BCUT2D eigenvalue weighted by Crippen LogP contribution is 2.49. The lowest BCUT2D eigenvalue weighted by molar-refractivity contribution is 1.61. The number of hydrogen-bond acceptors (Lipinski definition) is 2. The van der Waals surface area contributed by atoms with Gasteiger partial charge in [0.1, 0.15) is 0 Å². The van der Waals surface area contributed by atoms with E-state index >= 15 is 0 Å². The molecule has 2 aliphatic rings. The van der Waals surface area contributed by atoms with Crippen molar-refractivity contribution in [2.24, 2.45) is 0 Å². The predicted octanol–water partition coefficient (Wildman–Crippen LogP) is 2.56. The molecule has 0 radical (unpaired) electrons. The van der Waals surface area contributed by atoms with E-state index < -0.39 is 0 Å². The molecular weight excluding hydrogens is 148 g/mol. The molecule has 0 saturated heterocycles. The number of hydrogen-bond donors (Lipinski definition) is 2. The summed E-state index contributed by atoms with van der Waals surface area (Å²) >= 11 is 0. The Labute approximate surface area is 70.6 Å². The zero-order chi connectivity index (χ0) is 7.42. The van der Waals surface area contributed by atoms with Gasteiger partial charge in [0.15, 0.2) is 0 Å². The maximum atomic E-state index is 5.68. The van der Waals surface area contributed by atoms with Crippen LogP contribution in [0.1, 0.15) is 0 Å². The second-order valence-corrected chi connectivity index (χ2v) is 2.93. The second kappa shape index (κ2) is 1.99. The van der Waals surface area contributed by atoms with Crippen LogP contribution in [0.4, 0.5) is 5.69 Å². The molecule has 5 N–H and O–H groups in total. The SMILES string of the molecule is N.Nc1cc2c3ccccc3c1-2. The third-order valence-electron chi connectivity index (χ3n) is 2.34. The summed E-state index contributed by atoms with van der Waals surface area (Å²) < 4.78 is 0. The van der Waals surface area contributed by atoms with Gasteiger partial charge in [-0.15, -0.1) is 0 Å². The molecule has 0 bridgehead atoms. The first kappa shape index (κ1) is 7.13. The van der Waals surface area contributed by atoms with Crippen LogP contribution in [0.3, 0.4) is 0 Å². The van der Waals surface area contributed by atoms with Gasteiger partial charge < -0.3 is 11.9 Å². The highest BCUT2D eigenvalue weighted by molar-refractivity contribution is 6.22. The van der Waals surface area contributed by atoms with Gasteiger partial charge in [-0.2, -0.15) is 0 Å². The number of fused-ring (bicyclic) bond motifs is 4. The molecule has 60 valence electrons. The van der Waals surface area contributed by atoms with Crippen molar-refractivity contribution in [1.29, 1.82) is 0 Å². The first-order valence-electron chi connectivity index (χ1n) is 3.69. The summed E-state index contributed by atoms with van der Waals surface area (Å²) in [4.78, 5) is 0. The van der Waals surface area contributed by atoms with Crippen molar-refractivity contribution in [2.75, 3.05) is 5.73 Å². The van der Waals surface area contributed by atoms with Crippen molar-refractivity contribution in [3.05, 3.63) is 30.3 Å². The predicted molar refractivity (Wildman–Crippen MR) is 52.4 cm³/mol. The quantitative estimate of drug-likeness (QED) is 0.494. The molecule has 1 aromatic rings. The van der Waals surface area contributed by atoms with Crippen molar-refractivity contribution >= 4 is 16.5 Å². The third kappa shape index (κ3) is 0.542. The average Bonchev–Trinajstić information content (AvgIpc) is 1.99. The summed E-state index contributed by atoms with van der Waals surface area (Å²) in [5.74, 6) is 0. The Morgan fingerprint density at radius 1 is 1.00 bits per heavy atom. The summed E-state index contributed by atoms with van der Waals surface area (Å²) in [6.07, 6.45) is 0. The minimum absolute atomic E-state index is 0. The van der Waals surface area contributed by atoms with E-state index in [1.54, 1.807) is 0 Å². The van der Waals surface area contributed by atoms with Crippen LogP contribution < -0.4 is 11.9 Å². The van der Waals surface area contributed by atoms with Crippen LogP contribution in [0.2, 0.25) is 0 Å². The van der Waals surface area contributed by atoms with Crippen molar-refractivity contribution in [2.45, 2.75) is 0 Å². The number of anilines is 1. The Morgan fingerprint density at radius 3 is 2.33 bits per heavy atom. The monoisotopic (exact) mass is 158 g/mol. The van der Waals surface area contributed by atoms with E-state index in [0.29, 0.717) is 0 Å². The Kier molecular flexibility index (Phi) is 1.18. The molecule has 0 fully saturated rings. The molecule has 2 aliphatic carbocycles. The van der Waals surface area contributed by atoms with Gasteiger partial charge in [0.2, 0.25) is 0 Å². The number of benzene rings is 2. The van der Waals surface area contributed by atoms with E-state index in [-0.39, 0.29) is 6.15 Å². The number of nitrogens with two attached hydrogens (primary N) is 1. The molecular formula is C10H10N2. The molecule has 0 heterocycles. The van der Waals surface area contributed by atoms with Gasteiger partial charge in [-0.1, -0.05) is 24.3 Å². The van der Waals surface area contributed by atoms with Crippen LogP contribution in [-0.2, 0) is 0 Å². The standard InChI is InChI=1S/C10H7N.H3N/c11-9-5-8-6-3-1-2-4-7(6)10(8)9;/h1-5H,11H2;1H3. The fraction of sp³-hybridized carbons (Fsp3) is 0. The highest BCUT2D eigenvalue weighted by Gasteiger charge is 2.22. The van der Waals surface area contributed by atoms with Gasteiger partial charge in [-0.3, -0.25) is 0 Å². The Balaban J connectivity index is 0.000000563. The van der Waals surface area contributed by atoms with Gasteiger partial charge in [0.05, 0.1) is 0 Å². The molecule has 0 aromatic heterocycles. The van der Waals surface area contributed by atoms with Gasteiger partial charge >= 0.3 is 0 Å².